The Morgan fingerprint density at radius 2 is 2.07 bits per heavy atom. The second kappa shape index (κ2) is 4.98. The van der Waals surface area contributed by atoms with Gasteiger partial charge in [-0.2, -0.15) is 0 Å². The molecule has 0 saturated carbocycles. The number of hydrogen-bond acceptors (Lipinski definition) is 1. The standard InChI is InChI=1S/C12H23BrO/c1-11(2,3)6-7-12(9-13)5-4-8-14-10-12/h4-10H2,1-3H3. The topological polar surface area (TPSA) is 9.23 Å². The van der Waals surface area contributed by atoms with E-state index in [9.17, 15) is 0 Å². The van der Waals surface area contributed by atoms with E-state index in [-0.39, 0.29) is 0 Å². The molecule has 1 atom stereocenters. The van der Waals surface area contributed by atoms with Crippen molar-refractivity contribution >= 4 is 15.9 Å². The summed E-state index contributed by atoms with van der Waals surface area (Å²) in [5.74, 6) is 0. The maximum absolute atomic E-state index is 5.61. The molecule has 1 unspecified atom stereocenters. The smallest absolute Gasteiger partial charge is 0.0530 e. The molecule has 1 nitrogen and oxygen atoms in total. The van der Waals surface area contributed by atoms with Crippen molar-refractivity contribution in [1.29, 1.82) is 0 Å². The van der Waals surface area contributed by atoms with Crippen LogP contribution in [-0.4, -0.2) is 18.5 Å². The van der Waals surface area contributed by atoms with Gasteiger partial charge in [-0.1, -0.05) is 36.7 Å². The van der Waals surface area contributed by atoms with Crippen LogP contribution in [0, 0.1) is 10.8 Å². The van der Waals surface area contributed by atoms with Gasteiger partial charge in [-0.05, 0) is 31.1 Å². The monoisotopic (exact) mass is 262 g/mol. The molecule has 1 saturated heterocycles. The molecule has 1 rings (SSSR count). The Morgan fingerprint density at radius 3 is 2.50 bits per heavy atom. The van der Waals surface area contributed by atoms with Gasteiger partial charge in [0.1, 0.15) is 0 Å². The van der Waals surface area contributed by atoms with Crippen LogP contribution in [-0.2, 0) is 4.74 Å². The van der Waals surface area contributed by atoms with Crippen molar-refractivity contribution in [2.24, 2.45) is 10.8 Å². The number of ether oxygens (including phenoxy) is 1. The largest absolute Gasteiger partial charge is 0.381 e. The molecular weight excluding hydrogens is 240 g/mol. The molecule has 84 valence electrons. The lowest BCUT2D eigenvalue weighted by Crippen LogP contribution is -2.34. The van der Waals surface area contributed by atoms with E-state index in [0.717, 1.165) is 18.5 Å². The van der Waals surface area contributed by atoms with E-state index in [1.807, 2.05) is 0 Å². The summed E-state index contributed by atoms with van der Waals surface area (Å²) < 4.78 is 5.61. The van der Waals surface area contributed by atoms with Gasteiger partial charge >= 0.3 is 0 Å². The number of halogens is 1. The molecule has 0 aromatic rings. The first-order chi connectivity index (χ1) is 6.47. The zero-order valence-corrected chi connectivity index (χ0v) is 11.3. The fourth-order valence-electron chi connectivity index (χ4n) is 1.92. The van der Waals surface area contributed by atoms with Crippen LogP contribution in [0.5, 0.6) is 0 Å². The minimum atomic E-state index is 0.422. The first-order valence-corrected chi connectivity index (χ1v) is 6.73. The molecule has 0 spiro atoms. The zero-order valence-electron chi connectivity index (χ0n) is 9.74. The number of alkyl halides is 1. The number of rotatable bonds is 3. The molecule has 0 aromatic carbocycles. The molecule has 2 heteroatoms. The van der Waals surface area contributed by atoms with Crippen LogP contribution >= 0.6 is 15.9 Å². The van der Waals surface area contributed by atoms with Crippen molar-refractivity contribution in [2.75, 3.05) is 18.5 Å². The van der Waals surface area contributed by atoms with Crippen molar-refractivity contribution < 1.29 is 4.74 Å². The predicted octanol–water partition coefficient (Wildman–Crippen LogP) is 4.00. The molecule has 0 radical (unpaired) electrons. The third kappa shape index (κ3) is 3.90. The Labute approximate surface area is 96.7 Å². The zero-order chi connectivity index (χ0) is 10.7. The Balaban J connectivity index is 2.44. The number of hydrogen-bond donors (Lipinski definition) is 0. The summed E-state index contributed by atoms with van der Waals surface area (Å²) in [5, 5.41) is 1.09. The van der Waals surface area contributed by atoms with Crippen LogP contribution < -0.4 is 0 Å². The van der Waals surface area contributed by atoms with Gasteiger partial charge in [-0.25, -0.2) is 0 Å². The van der Waals surface area contributed by atoms with E-state index in [1.54, 1.807) is 0 Å². The molecule has 1 aliphatic rings. The molecule has 0 N–H and O–H groups in total. The minimum absolute atomic E-state index is 0.422. The van der Waals surface area contributed by atoms with Gasteiger partial charge in [-0.15, -0.1) is 0 Å². The van der Waals surface area contributed by atoms with Crippen LogP contribution in [0.1, 0.15) is 46.5 Å². The SMILES string of the molecule is CC(C)(C)CCC1(CBr)CCCOC1. The molecule has 1 fully saturated rings. The average molecular weight is 263 g/mol. The van der Waals surface area contributed by atoms with E-state index in [1.165, 1.54) is 25.7 Å². The molecule has 0 aromatic heterocycles. The normalized spacial score (nSPS) is 29.1. The van der Waals surface area contributed by atoms with Gasteiger partial charge in [0.05, 0.1) is 6.61 Å². The Morgan fingerprint density at radius 1 is 1.36 bits per heavy atom. The molecule has 14 heavy (non-hydrogen) atoms. The van der Waals surface area contributed by atoms with Crippen molar-refractivity contribution in [2.45, 2.75) is 46.5 Å². The van der Waals surface area contributed by atoms with Crippen molar-refractivity contribution in [3.8, 4) is 0 Å². The highest BCUT2D eigenvalue weighted by molar-refractivity contribution is 9.09. The van der Waals surface area contributed by atoms with Crippen LogP contribution in [0.25, 0.3) is 0 Å². The van der Waals surface area contributed by atoms with Gasteiger partial charge < -0.3 is 4.74 Å². The summed E-state index contributed by atoms with van der Waals surface area (Å²) in [6, 6.07) is 0. The van der Waals surface area contributed by atoms with Gasteiger partial charge in [0.15, 0.2) is 0 Å². The molecule has 1 heterocycles. The first-order valence-electron chi connectivity index (χ1n) is 5.61. The summed E-state index contributed by atoms with van der Waals surface area (Å²) in [7, 11) is 0. The highest BCUT2D eigenvalue weighted by Gasteiger charge is 2.32. The molecule has 0 aliphatic carbocycles. The Kier molecular flexibility index (Phi) is 4.45. The first kappa shape index (κ1) is 12.5. The third-order valence-corrected chi connectivity index (χ3v) is 4.28. The molecular formula is C12H23BrO. The second-order valence-corrected chi connectivity index (χ2v) is 6.41. The average Bonchev–Trinajstić information content (AvgIpc) is 2.15. The van der Waals surface area contributed by atoms with Crippen LogP contribution in [0.3, 0.4) is 0 Å². The van der Waals surface area contributed by atoms with Crippen molar-refractivity contribution in [1.82, 2.24) is 0 Å². The lowest BCUT2D eigenvalue weighted by atomic mass is 9.76. The lowest BCUT2D eigenvalue weighted by molar-refractivity contribution is -0.00362. The van der Waals surface area contributed by atoms with Gasteiger partial charge in [0.2, 0.25) is 0 Å². The summed E-state index contributed by atoms with van der Waals surface area (Å²) in [4.78, 5) is 0. The van der Waals surface area contributed by atoms with Crippen LogP contribution in [0.4, 0.5) is 0 Å². The second-order valence-electron chi connectivity index (χ2n) is 5.85. The van der Waals surface area contributed by atoms with Crippen LogP contribution in [0.2, 0.25) is 0 Å². The predicted molar refractivity (Wildman–Crippen MR) is 65.0 cm³/mol. The Bertz CT molecular complexity index is 166. The summed E-state index contributed by atoms with van der Waals surface area (Å²) >= 11 is 3.66. The van der Waals surface area contributed by atoms with Gasteiger partial charge in [0.25, 0.3) is 0 Å². The van der Waals surface area contributed by atoms with Crippen molar-refractivity contribution in [3.05, 3.63) is 0 Å². The maximum Gasteiger partial charge on any atom is 0.0530 e. The van der Waals surface area contributed by atoms with Crippen molar-refractivity contribution in [3.63, 3.8) is 0 Å². The lowest BCUT2D eigenvalue weighted by Gasteiger charge is -2.37. The van der Waals surface area contributed by atoms with E-state index in [4.69, 9.17) is 4.74 Å². The Hall–Kier alpha value is 0.440. The van der Waals surface area contributed by atoms with E-state index >= 15 is 0 Å². The quantitative estimate of drug-likeness (QED) is 0.699. The highest BCUT2D eigenvalue weighted by Crippen LogP contribution is 2.38. The fourth-order valence-corrected chi connectivity index (χ4v) is 2.64. The summed E-state index contributed by atoms with van der Waals surface area (Å²) in [6.45, 7) is 8.87. The fraction of sp³-hybridized carbons (Fsp3) is 1.00. The van der Waals surface area contributed by atoms with E-state index < -0.39 is 0 Å². The third-order valence-electron chi connectivity index (χ3n) is 3.09. The minimum Gasteiger partial charge on any atom is -0.381 e. The summed E-state index contributed by atoms with van der Waals surface area (Å²) in [5.41, 5.74) is 0.873. The maximum atomic E-state index is 5.61. The van der Waals surface area contributed by atoms with E-state index in [2.05, 4.69) is 36.7 Å². The van der Waals surface area contributed by atoms with Gasteiger partial charge in [-0.3, -0.25) is 0 Å². The highest BCUT2D eigenvalue weighted by atomic mass is 79.9. The molecule has 1 aliphatic heterocycles. The van der Waals surface area contributed by atoms with Gasteiger partial charge in [0, 0.05) is 17.4 Å². The summed E-state index contributed by atoms with van der Waals surface area (Å²) in [6.07, 6.45) is 5.15. The van der Waals surface area contributed by atoms with Crippen LogP contribution in [0.15, 0.2) is 0 Å². The molecule has 0 bridgehead atoms. The molecule has 0 amide bonds. The van der Waals surface area contributed by atoms with E-state index in [0.29, 0.717) is 10.8 Å².